The summed E-state index contributed by atoms with van der Waals surface area (Å²) in [7, 11) is 0. The molecule has 2 aliphatic heterocycles. The molecule has 2 heteroatoms. The van der Waals surface area contributed by atoms with Crippen LogP contribution < -0.4 is 5.32 Å². The second-order valence-electron chi connectivity index (χ2n) is 3.10. The molecule has 1 N–H and O–H groups in total. The molecule has 0 fully saturated rings. The van der Waals surface area contributed by atoms with Crippen LogP contribution in [0.1, 0.15) is 19.8 Å². The molecule has 0 aromatic rings. The standard InChI is InChI=1S/C10H12N2/c1-8-4-2-5-9-6-3-7-11-10(9)12-8/h2,4H,3,6-7H2,1H3,(H,11,12). The molecule has 0 aromatic carbocycles. The number of hydrogen-bond acceptors (Lipinski definition) is 2. The monoisotopic (exact) mass is 160 g/mol. The first-order valence-electron chi connectivity index (χ1n) is 4.30. The van der Waals surface area contributed by atoms with Crippen LogP contribution in [0, 0.1) is 0 Å². The molecular weight excluding hydrogens is 148 g/mol. The van der Waals surface area contributed by atoms with Gasteiger partial charge >= 0.3 is 0 Å². The van der Waals surface area contributed by atoms with Gasteiger partial charge in [-0.15, -0.1) is 5.73 Å². The molecule has 2 heterocycles. The quantitative estimate of drug-likeness (QED) is 0.536. The van der Waals surface area contributed by atoms with Gasteiger partial charge in [0.05, 0.1) is 0 Å². The molecule has 0 saturated carbocycles. The lowest BCUT2D eigenvalue weighted by molar-refractivity contribution is 0.801. The van der Waals surface area contributed by atoms with Crippen molar-refractivity contribution in [3.8, 4) is 0 Å². The molecule has 0 unspecified atom stereocenters. The van der Waals surface area contributed by atoms with Crippen LogP contribution in [0.2, 0.25) is 0 Å². The van der Waals surface area contributed by atoms with Crippen molar-refractivity contribution in [2.75, 3.05) is 6.54 Å². The summed E-state index contributed by atoms with van der Waals surface area (Å²) in [5, 5.41) is 3.26. The van der Waals surface area contributed by atoms with Gasteiger partial charge in [0.15, 0.2) is 0 Å². The Bertz CT molecular complexity index is 315. The first-order valence-corrected chi connectivity index (χ1v) is 4.30. The van der Waals surface area contributed by atoms with E-state index in [1.807, 2.05) is 19.1 Å². The summed E-state index contributed by atoms with van der Waals surface area (Å²) in [6.07, 6.45) is 6.24. The molecule has 2 nitrogen and oxygen atoms in total. The highest BCUT2D eigenvalue weighted by molar-refractivity contribution is 5.99. The number of hydrogen-bond donors (Lipinski definition) is 1. The summed E-state index contributed by atoms with van der Waals surface area (Å²) >= 11 is 0. The Morgan fingerprint density at radius 2 is 2.50 bits per heavy atom. The molecular formula is C10H12N2. The first-order chi connectivity index (χ1) is 5.86. The van der Waals surface area contributed by atoms with Crippen LogP contribution in [0.25, 0.3) is 0 Å². The van der Waals surface area contributed by atoms with Gasteiger partial charge in [0.1, 0.15) is 5.84 Å². The van der Waals surface area contributed by atoms with Crippen LogP contribution in [-0.4, -0.2) is 12.4 Å². The maximum atomic E-state index is 4.41. The number of rotatable bonds is 0. The van der Waals surface area contributed by atoms with Gasteiger partial charge in [-0.1, -0.05) is 0 Å². The van der Waals surface area contributed by atoms with Crippen molar-refractivity contribution in [2.24, 2.45) is 4.99 Å². The zero-order valence-corrected chi connectivity index (χ0v) is 7.22. The number of aliphatic imine (C=N–C) groups is 1. The summed E-state index contributed by atoms with van der Waals surface area (Å²) in [6, 6.07) is 0. The van der Waals surface area contributed by atoms with Gasteiger partial charge in [0.25, 0.3) is 0 Å². The van der Waals surface area contributed by atoms with Gasteiger partial charge in [0, 0.05) is 17.8 Å². The molecule has 0 spiro atoms. The van der Waals surface area contributed by atoms with Crippen molar-refractivity contribution in [2.45, 2.75) is 19.8 Å². The Morgan fingerprint density at radius 1 is 1.58 bits per heavy atom. The van der Waals surface area contributed by atoms with E-state index < -0.39 is 0 Å². The third kappa shape index (κ3) is 1.34. The zero-order valence-electron chi connectivity index (χ0n) is 7.22. The van der Waals surface area contributed by atoms with Gasteiger partial charge in [-0.2, -0.15) is 0 Å². The smallest absolute Gasteiger partial charge is 0.136 e. The fourth-order valence-electron chi connectivity index (χ4n) is 1.41. The minimum Gasteiger partial charge on any atom is -0.344 e. The van der Waals surface area contributed by atoms with Crippen molar-refractivity contribution in [3.05, 3.63) is 29.2 Å². The lowest BCUT2D eigenvalue weighted by Gasteiger charge is -2.14. The Balaban J connectivity index is 2.41. The maximum absolute atomic E-state index is 4.41. The second kappa shape index (κ2) is 3.00. The van der Waals surface area contributed by atoms with E-state index in [2.05, 4.69) is 16.0 Å². The average molecular weight is 160 g/mol. The Kier molecular flexibility index (Phi) is 1.84. The largest absolute Gasteiger partial charge is 0.344 e. The van der Waals surface area contributed by atoms with Gasteiger partial charge < -0.3 is 5.32 Å². The fourth-order valence-corrected chi connectivity index (χ4v) is 1.41. The highest BCUT2D eigenvalue weighted by Gasteiger charge is 2.11. The summed E-state index contributed by atoms with van der Waals surface area (Å²) in [5.74, 6) is 1.02. The molecule has 0 atom stereocenters. The summed E-state index contributed by atoms with van der Waals surface area (Å²) in [6.45, 7) is 2.99. The van der Waals surface area contributed by atoms with Gasteiger partial charge in [0.2, 0.25) is 0 Å². The molecule has 0 aliphatic carbocycles. The van der Waals surface area contributed by atoms with Gasteiger partial charge in [-0.25, -0.2) is 0 Å². The van der Waals surface area contributed by atoms with Crippen LogP contribution in [0.4, 0.5) is 0 Å². The number of fused-ring (bicyclic) bond motifs is 1. The highest BCUT2D eigenvalue weighted by atomic mass is 15.0. The minimum absolute atomic E-state index is 0.945. The van der Waals surface area contributed by atoms with Gasteiger partial charge in [-0.3, -0.25) is 4.99 Å². The third-order valence-corrected chi connectivity index (χ3v) is 2.05. The third-order valence-electron chi connectivity index (χ3n) is 2.05. The van der Waals surface area contributed by atoms with Crippen molar-refractivity contribution >= 4 is 5.84 Å². The van der Waals surface area contributed by atoms with Crippen LogP contribution >= 0.6 is 0 Å². The number of allylic oxidation sites excluding steroid dienone is 2. The number of nitrogens with zero attached hydrogens (tertiary/aromatic N) is 1. The molecule has 0 aromatic heterocycles. The number of amidine groups is 1. The predicted octanol–water partition coefficient (Wildman–Crippen LogP) is 1.77. The topological polar surface area (TPSA) is 24.4 Å². The predicted molar refractivity (Wildman–Crippen MR) is 50.0 cm³/mol. The summed E-state index contributed by atoms with van der Waals surface area (Å²) < 4.78 is 0. The average Bonchev–Trinajstić information content (AvgIpc) is 2.25. The molecule has 0 bridgehead atoms. The van der Waals surface area contributed by atoms with Gasteiger partial charge in [-0.05, 0) is 31.9 Å². The summed E-state index contributed by atoms with van der Waals surface area (Å²) in [5.41, 5.74) is 5.59. The van der Waals surface area contributed by atoms with Crippen LogP contribution in [0.3, 0.4) is 0 Å². The van der Waals surface area contributed by atoms with Crippen LogP contribution in [0.15, 0.2) is 34.1 Å². The molecule has 0 saturated heterocycles. The molecule has 0 amide bonds. The summed E-state index contributed by atoms with van der Waals surface area (Å²) in [4.78, 5) is 4.41. The lowest BCUT2D eigenvalue weighted by Crippen LogP contribution is -2.25. The van der Waals surface area contributed by atoms with Crippen LogP contribution in [0.5, 0.6) is 0 Å². The van der Waals surface area contributed by atoms with E-state index in [0.717, 1.165) is 30.9 Å². The van der Waals surface area contributed by atoms with Crippen molar-refractivity contribution in [1.29, 1.82) is 0 Å². The Labute approximate surface area is 72.4 Å². The minimum atomic E-state index is 0.945. The number of nitrogens with one attached hydrogen (secondary N) is 1. The molecule has 2 aliphatic rings. The maximum Gasteiger partial charge on any atom is 0.136 e. The van der Waals surface area contributed by atoms with Crippen molar-refractivity contribution < 1.29 is 0 Å². The Morgan fingerprint density at radius 3 is 3.42 bits per heavy atom. The van der Waals surface area contributed by atoms with E-state index in [1.165, 1.54) is 5.57 Å². The molecule has 2 rings (SSSR count). The van der Waals surface area contributed by atoms with Crippen LogP contribution in [-0.2, 0) is 0 Å². The van der Waals surface area contributed by atoms with Crippen molar-refractivity contribution in [1.82, 2.24) is 5.32 Å². The van der Waals surface area contributed by atoms with E-state index >= 15 is 0 Å². The molecule has 12 heavy (non-hydrogen) atoms. The molecule has 0 radical (unpaired) electrons. The second-order valence-corrected chi connectivity index (χ2v) is 3.10. The fraction of sp³-hybridized carbons (Fsp3) is 0.400. The molecule has 62 valence electrons. The van der Waals surface area contributed by atoms with E-state index in [-0.39, 0.29) is 0 Å². The lowest BCUT2D eigenvalue weighted by atomic mass is 10.1. The van der Waals surface area contributed by atoms with Crippen molar-refractivity contribution in [3.63, 3.8) is 0 Å². The van der Waals surface area contributed by atoms with E-state index in [4.69, 9.17) is 0 Å². The Hall–Kier alpha value is -1.27. The van der Waals surface area contributed by atoms with E-state index in [0.29, 0.717) is 0 Å². The van der Waals surface area contributed by atoms with E-state index in [1.54, 1.807) is 0 Å². The first kappa shape index (κ1) is 7.38. The van der Waals surface area contributed by atoms with E-state index in [9.17, 15) is 0 Å². The SMILES string of the molecule is CC1=CC=C=C2CCCN=C2N1. The zero-order chi connectivity index (χ0) is 8.39. The normalized spacial score (nSPS) is 21.2. The highest BCUT2D eigenvalue weighted by Crippen LogP contribution is 2.13.